The third-order valence-electron chi connectivity index (χ3n) is 7.83. The number of carbonyl (C=O) groups is 3. The summed E-state index contributed by atoms with van der Waals surface area (Å²) in [7, 11) is 1.52. The van der Waals surface area contributed by atoms with Crippen LogP contribution in [0.25, 0.3) is 10.9 Å². The van der Waals surface area contributed by atoms with Crippen molar-refractivity contribution in [2.45, 2.75) is 51.7 Å². The molecule has 2 amide bonds. The molecule has 1 aromatic heterocycles. The van der Waals surface area contributed by atoms with Crippen molar-refractivity contribution in [2.75, 3.05) is 46.4 Å². The first-order chi connectivity index (χ1) is 20.9. The molecule has 4 rings (SSSR count). The highest BCUT2D eigenvalue weighted by atomic mass is 79.9. The van der Waals surface area contributed by atoms with E-state index in [-0.39, 0.29) is 30.2 Å². The number of aromatic nitrogens is 1. The Bertz CT molecular complexity index is 1520. The second kappa shape index (κ2) is 13.9. The fourth-order valence-electron chi connectivity index (χ4n) is 5.15. The van der Waals surface area contributed by atoms with Gasteiger partial charge in [-0.1, -0.05) is 12.1 Å². The van der Waals surface area contributed by atoms with E-state index in [1.165, 1.54) is 18.2 Å². The Kier molecular flexibility index (Phi) is 10.5. The lowest BCUT2D eigenvalue weighted by molar-refractivity contribution is -0.127. The van der Waals surface area contributed by atoms with Gasteiger partial charge in [-0.15, -0.1) is 0 Å². The van der Waals surface area contributed by atoms with Gasteiger partial charge in [-0.3, -0.25) is 14.4 Å². The van der Waals surface area contributed by atoms with E-state index in [1.807, 2.05) is 39.8 Å². The molecule has 1 aliphatic rings. The summed E-state index contributed by atoms with van der Waals surface area (Å²) in [5.74, 6) is -0.437. The first-order valence-corrected chi connectivity index (χ1v) is 15.5. The summed E-state index contributed by atoms with van der Waals surface area (Å²) in [6, 6.07) is 10.7. The number of ketones is 1. The number of para-hydroxylation sites is 1. The third kappa shape index (κ3) is 7.68. The zero-order valence-electron chi connectivity index (χ0n) is 26.1. The number of rotatable bonds is 13. The molecule has 11 heteroatoms. The number of methoxy groups -OCH3 is 1. The highest BCUT2D eigenvalue weighted by molar-refractivity contribution is 9.10. The second-order valence-electron chi connectivity index (χ2n) is 12.0. The SMILES string of the molecule is C=NCCC(C)(C)OCCC(C)(C)Oc1ccccc1C(=O)N1CCN(C(=O)C(=O)c2c[nH]c3c(Br)ccc(OC)c23)CC1. The Morgan fingerprint density at radius 3 is 2.30 bits per heavy atom. The fraction of sp³-hybridized carbons (Fsp3) is 0.455. The predicted octanol–water partition coefficient (Wildman–Crippen LogP) is 5.54. The van der Waals surface area contributed by atoms with Crippen LogP contribution in [0.15, 0.2) is 52.1 Å². The summed E-state index contributed by atoms with van der Waals surface area (Å²) in [4.78, 5) is 50.3. The van der Waals surface area contributed by atoms with Gasteiger partial charge in [0.05, 0.1) is 41.3 Å². The van der Waals surface area contributed by atoms with Gasteiger partial charge in [0.15, 0.2) is 0 Å². The summed E-state index contributed by atoms with van der Waals surface area (Å²) in [6.45, 7) is 13.7. The number of nitrogens with one attached hydrogen (secondary N) is 1. The van der Waals surface area contributed by atoms with Crippen LogP contribution in [-0.4, -0.2) is 96.7 Å². The number of ether oxygens (including phenoxy) is 3. The van der Waals surface area contributed by atoms with Gasteiger partial charge in [0.25, 0.3) is 17.6 Å². The Labute approximate surface area is 266 Å². The summed E-state index contributed by atoms with van der Waals surface area (Å²) in [5, 5.41) is 0.550. The van der Waals surface area contributed by atoms with Crippen LogP contribution in [0.4, 0.5) is 0 Å². The van der Waals surface area contributed by atoms with Crippen molar-refractivity contribution in [3.8, 4) is 11.5 Å². The van der Waals surface area contributed by atoms with Gasteiger partial charge in [-0.05, 0) is 81.0 Å². The molecular formula is C33H41BrN4O6. The van der Waals surface area contributed by atoms with Crippen LogP contribution in [0.2, 0.25) is 0 Å². The molecule has 1 N–H and O–H groups in total. The zero-order valence-corrected chi connectivity index (χ0v) is 27.7. The van der Waals surface area contributed by atoms with E-state index < -0.39 is 17.3 Å². The van der Waals surface area contributed by atoms with Crippen LogP contribution < -0.4 is 9.47 Å². The smallest absolute Gasteiger partial charge is 0.295 e. The molecule has 0 spiro atoms. The van der Waals surface area contributed by atoms with Crippen LogP contribution in [0.3, 0.4) is 0 Å². The monoisotopic (exact) mass is 668 g/mol. The van der Waals surface area contributed by atoms with Gasteiger partial charge in [0.1, 0.15) is 17.1 Å². The number of halogens is 1. The standard InChI is InChI=1S/C33H41BrN4O6/c1-32(2,13-15-35-5)43-20-14-33(3,4)44-25-10-8-7-9-22(25)30(40)37-16-18-38(19-17-37)31(41)29(39)23-21-36-28-24(34)11-12-26(42-6)27(23)28/h7-12,21,36H,5,13-20H2,1-4,6H3. The molecule has 2 heterocycles. The molecule has 0 bridgehead atoms. The van der Waals surface area contributed by atoms with Crippen LogP contribution in [0.1, 0.15) is 61.3 Å². The molecule has 0 saturated carbocycles. The van der Waals surface area contributed by atoms with Crippen molar-refractivity contribution in [1.29, 1.82) is 0 Å². The summed E-state index contributed by atoms with van der Waals surface area (Å²) in [6.07, 6.45) is 2.93. The molecule has 0 radical (unpaired) electrons. The minimum Gasteiger partial charge on any atom is -0.496 e. The van der Waals surface area contributed by atoms with Crippen LogP contribution in [-0.2, 0) is 9.53 Å². The van der Waals surface area contributed by atoms with Crippen molar-refractivity contribution in [3.05, 3.63) is 58.2 Å². The number of nitrogens with zero attached hydrogens (tertiary/aromatic N) is 3. The molecular weight excluding hydrogens is 628 g/mol. The largest absolute Gasteiger partial charge is 0.496 e. The van der Waals surface area contributed by atoms with E-state index in [1.54, 1.807) is 29.2 Å². The normalized spacial score (nSPS) is 14.0. The molecule has 1 fully saturated rings. The number of Topliss-reactive ketones (excluding diaryl/α,β-unsaturated/α-hetero) is 1. The van der Waals surface area contributed by atoms with E-state index in [0.29, 0.717) is 60.6 Å². The Hall–Kier alpha value is -3.70. The number of aliphatic imine (C=N–C) groups is 1. The topological polar surface area (TPSA) is 114 Å². The molecule has 1 saturated heterocycles. The van der Waals surface area contributed by atoms with Gasteiger partial charge in [0.2, 0.25) is 0 Å². The summed E-state index contributed by atoms with van der Waals surface area (Å²) in [5.41, 5.74) is 0.468. The molecule has 1 aliphatic heterocycles. The average molecular weight is 670 g/mol. The number of aromatic amines is 1. The molecule has 0 unspecified atom stereocenters. The number of H-pyrrole nitrogens is 1. The molecule has 236 valence electrons. The van der Waals surface area contributed by atoms with Gasteiger partial charge in [0, 0.05) is 49.8 Å². The molecule has 3 aromatic rings. The lowest BCUT2D eigenvalue weighted by Gasteiger charge is -2.35. The molecule has 2 aromatic carbocycles. The van der Waals surface area contributed by atoms with Crippen molar-refractivity contribution < 1.29 is 28.6 Å². The number of fused-ring (bicyclic) bond motifs is 1. The number of amides is 2. The average Bonchev–Trinajstić information content (AvgIpc) is 3.45. The highest BCUT2D eigenvalue weighted by Gasteiger charge is 2.32. The Morgan fingerprint density at radius 1 is 0.932 bits per heavy atom. The predicted molar refractivity (Wildman–Crippen MR) is 174 cm³/mol. The molecule has 0 aliphatic carbocycles. The third-order valence-corrected chi connectivity index (χ3v) is 8.49. The van der Waals surface area contributed by atoms with Crippen LogP contribution in [0.5, 0.6) is 11.5 Å². The minimum absolute atomic E-state index is 0.185. The number of hydrogen-bond donors (Lipinski definition) is 1. The van der Waals surface area contributed by atoms with Crippen molar-refractivity contribution in [3.63, 3.8) is 0 Å². The molecule has 44 heavy (non-hydrogen) atoms. The minimum atomic E-state index is -0.627. The van der Waals surface area contributed by atoms with Crippen molar-refractivity contribution in [2.24, 2.45) is 4.99 Å². The molecule has 10 nitrogen and oxygen atoms in total. The van der Waals surface area contributed by atoms with E-state index in [0.717, 1.165) is 10.9 Å². The van der Waals surface area contributed by atoms with E-state index in [9.17, 15) is 14.4 Å². The Morgan fingerprint density at radius 2 is 1.61 bits per heavy atom. The van der Waals surface area contributed by atoms with E-state index in [4.69, 9.17) is 14.2 Å². The summed E-state index contributed by atoms with van der Waals surface area (Å²) >= 11 is 3.47. The molecule has 0 atom stereocenters. The highest BCUT2D eigenvalue weighted by Crippen LogP contribution is 2.34. The van der Waals surface area contributed by atoms with Crippen LogP contribution in [0, 0.1) is 0 Å². The van der Waals surface area contributed by atoms with E-state index >= 15 is 0 Å². The maximum Gasteiger partial charge on any atom is 0.295 e. The van der Waals surface area contributed by atoms with Crippen LogP contribution >= 0.6 is 15.9 Å². The van der Waals surface area contributed by atoms with Crippen molar-refractivity contribution >= 4 is 51.1 Å². The first kappa shape index (κ1) is 33.2. The number of piperazine rings is 1. The maximum absolute atomic E-state index is 13.6. The Balaban J connectivity index is 1.37. The van der Waals surface area contributed by atoms with E-state index in [2.05, 4.69) is 32.6 Å². The zero-order chi connectivity index (χ0) is 32.1. The second-order valence-corrected chi connectivity index (χ2v) is 12.9. The number of hydrogen-bond acceptors (Lipinski definition) is 7. The van der Waals surface area contributed by atoms with Gasteiger partial charge in [-0.25, -0.2) is 0 Å². The number of carbonyl (C=O) groups excluding carboxylic acids is 3. The van der Waals surface area contributed by atoms with Gasteiger partial charge < -0.3 is 34.0 Å². The number of benzene rings is 2. The first-order valence-electron chi connectivity index (χ1n) is 14.7. The van der Waals surface area contributed by atoms with Gasteiger partial charge in [-0.2, -0.15) is 0 Å². The lowest BCUT2D eigenvalue weighted by atomic mass is 10.0. The summed E-state index contributed by atoms with van der Waals surface area (Å²) < 4.78 is 18.6. The lowest BCUT2D eigenvalue weighted by Crippen LogP contribution is -2.52. The van der Waals surface area contributed by atoms with Gasteiger partial charge >= 0.3 is 0 Å². The fourth-order valence-corrected chi connectivity index (χ4v) is 5.59. The maximum atomic E-state index is 13.6. The quantitative estimate of drug-likeness (QED) is 0.145. The van der Waals surface area contributed by atoms with Crippen molar-refractivity contribution in [1.82, 2.24) is 14.8 Å².